The lowest BCUT2D eigenvalue weighted by atomic mass is 10.1. The van der Waals surface area contributed by atoms with Crippen molar-refractivity contribution >= 4 is 28.7 Å². The molecule has 0 amide bonds. The van der Waals surface area contributed by atoms with E-state index < -0.39 is 0 Å². The summed E-state index contributed by atoms with van der Waals surface area (Å²) in [6.45, 7) is 5.03. The van der Waals surface area contributed by atoms with Crippen molar-refractivity contribution in [1.29, 1.82) is 0 Å². The van der Waals surface area contributed by atoms with Crippen LogP contribution in [0.3, 0.4) is 0 Å². The van der Waals surface area contributed by atoms with Crippen LogP contribution in [0.2, 0.25) is 0 Å². The maximum atomic E-state index is 6.17. The first-order valence-electron chi connectivity index (χ1n) is 9.23. The van der Waals surface area contributed by atoms with E-state index in [4.69, 9.17) is 15.2 Å². The number of aromatic nitrogens is 2. The summed E-state index contributed by atoms with van der Waals surface area (Å²) >= 11 is 0. The Morgan fingerprint density at radius 1 is 1.15 bits per heavy atom. The summed E-state index contributed by atoms with van der Waals surface area (Å²) in [5.74, 6) is 0.727. The van der Waals surface area contributed by atoms with E-state index in [1.54, 1.807) is 0 Å². The molecule has 27 heavy (non-hydrogen) atoms. The first kappa shape index (κ1) is 17.6. The van der Waals surface area contributed by atoms with Gasteiger partial charge in [-0.25, -0.2) is 0 Å². The quantitative estimate of drug-likeness (QED) is 0.658. The number of nitrogens with two attached hydrogens (primary N) is 1. The van der Waals surface area contributed by atoms with Crippen molar-refractivity contribution in [3.8, 4) is 5.75 Å². The molecule has 0 atom stereocenters. The third-order valence-electron chi connectivity index (χ3n) is 4.74. The zero-order valence-electron chi connectivity index (χ0n) is 15.2. The number of ether oxygens (including phenoxy) is 2. The highest BCUT2D eigenvalue weighted by molar-refractivity contribution is 5.89. The van der Waals surface area contributed by atoms with Crippen molar-refractivity contribution in [2.75, 3.05) is 45.2 Å². The predicted molar refractivity (Wildman–Crippen MR) is 109 cm³/mol. The van der Waals surface area contributed by atoms with Gasteiger partial charge in [-0.15, -0.1) is 0 Å². The fraction of sp³-hybridized carbons (Fsp3) is 0.286. The van der Waals surface area contributed by atoms with Crippen LogP contribution in [0, 0.1) is 0 Å². The van der Waals surface area contributed by atoms with Gasteiger partial charge < -0.3 is 15.2 Å². The van der Waals surface area contributed by atoms with Gasteiger partial charge in [-0.2, -0.15) is 5.10 Å². The lowest BCUT2D eigenvalue weighted by Crippen LogP contribution is -2.38. The standard InChI is InChI=1S/C21H24N4O2/c22-18-15-16(5-7-20-17-3-1-2-4-19(17)23-24-20)6-8-21(18)27-14-11-25-9-12-26-13-10-25/h1-8,15H,9-14,22H2,(H,23,24)/b7-5+. The minimum Gasteiger partial charge on any atom is -0.490 e. The number of aromatic amines is 1. The Kier molecular flexibility index (Phi) is 5.37. The summed E-state index contributed by atoms with van der Waals surface area (Å²) in [5.41, 5.74) is 9.76. The topological polar surface area (TPSA) is 76.4 Å². The van der Waals surface area contributed by atoms with E-state index in [9.17, 15) is 0 Å². The molecule has 0 saturated carbocycles. The first-order valence-corrected chi connectivity index (χ1v) is 9.23. The van der Waals surface area contributed by atoms with Crippen molar-refractivity contribution < 1.29 is 9.47 Å². The molecule has 0 aliphatic carbocycles. The highest BCUT2D eigenvalue weighted by atomic mass is 16.5. The molecule has 3 N–H and O–H groups in total. The molecule has 6 heteroatoms. The number of nitrogens with one attached hydrogen (secondary N) is 1. The van der Waals surface area contributed by atoms with Gasteiger partial charge in [-0.1, -0.05) is 30.3 Å². The summed E-state index contributed by atoms with van der Waals surface area (Å²) < 4.78 is 11.2. The van der Waals surface area contributed by atoms with Crippen molar-refractivity contribution in [2.45, 2.75) is 0 Å². The van der Waals surface area contributed by atoms with E-state index in [1.165, 1.54) is 0 Å². The summed E-state index contributed by atoms with van der Waals surface area (Å²) in [5, 5.41) is 8.49. The van der Waals surface area contributed by atoms with E-state index in [0.717, 1.165) is 60.8 Å². The molecule has 1 saturated heterocycles. The van der Waals surface area contributed by atoms with Gasteiger partial charge in [-0.3, -0.25) is 10.00 Å². The van der Waals surface area contributed by atoms with Gasteiger partial charge in [0.15, 0.2) is 0 Å². The van der Waals surface area contributed by atoms with Crippen LogP contribution in [-0.4, -0.2) is 54.6 Å². The highest BCUT2D eigenvalue weighted by Crippen LogP contribution is 2.24. The Morgan fingerprint density at radius 2 is 2.00 bits per heavy atom. The minimum atomic E-state index is 0.624. The van der Waals surface area contributed by atoms with Crippen molar-refractivity contribution in [1.82, 2.24) is 15.1 Å². The van der Waals surface area contributed by atoms with Gasteiger partial charge in [0, 0.05) is 25.0 Å². The Hall–Kier alpha value is -2.83. The van der Waals surface area contributed by atoms with Gasteiger partial charge >= 0.3 is 0 Å². The number of morpholine rings is 1. The summed E-state index contributed by atoms with van der Waals surface area (Å²) in [7, 11) is 0. The molecule has 4 rings (SSSR count). The maximum absolute atomic E-state index is 6.17. The van der Waals surface area contributed by atoms with Gasteiger partial charge in [0.1, 0.15) is 12.4 Å². The number of nitrogen functional groups attached to an aromatic ring is 1. The number of para-hydroxylation sites is 1. The van der Waals surface area contributed by atoms with E-state index >= 15 is 0 Å². The molecule has 1 aromatic heterocycles. The van der Waals surface area contributed by atoms with Gasteiger partial charge in [0.25, 0.3) is 0 Å². The number of nitrogens with zero attached hydrogens (tertiary/aromatic N) is 2. The fourth-order valence-corrected chi connectivity index (χ4v) is 3.20. The Bertz CT molecular complexity index is 929. The molecule has 0 radical (unpaired) electrons. The average Bonchev–Trinajstić information content (AvgIpc) is 3.12. The van der Waals surface area contributed by atoms with E-state index in [-0.39, 0.29) is 0 Å². The van der Waals surface area contributed by atoms with Crippen LogP contribution in [0.1, 0.15) is 11.3 Å². The lowest BCUT2D eigenvalue weighted by Gasteiger charge is -2.26. The largest absolute Gasteiger partial charge is 0.490 e. The molecule has 0 unspecified atom stereocenters. The summed E-state index contributed by atoms with van der Waals surface area (Å²) in [6, 6.07) is 13.9. The second-order valence-electron chi connectivity index (χ2n) is 6.59. The fourth-order valence-electron chi connectivity index (χ4n) is 3.20. The van der Waals surface area contributed by atoms with Gasteiger partial charge in [-0.05, 0) is 29.8 Å². The average molecular weight is 364 g/mol. The van der Waals surface area contributed by atoms with E-state index in [1.807, 2.05) is 48.6 Å². The number of hydrogen-bond donors (Lipinski definition) is 2. The number of H-pyrrole nitrogens is 1. The second kappa shape index (κ2) is 8.24. The molecule has 1 fully saturated rings. The van der Waals surface area contributed by atoms with Gasteiger partial charge in [0.2, 0.25) is 0 Å². The van der Waals surface area contributed by atoms with Crippen LogP contribution in [0.15, 0.2) is 42.5 Å². The Balaban J connectivity index is 1.37. The Labute approximate surface area is 158 Å². The predicted octanol–water partition coefficient (Wildman–Crippen LogP) is 3.03. The van der Waals surface area contributed by atoms with Crippen molar-refractivity contribution in [3.05, 3.63) is 53.7 Å². The number of anilines is 1. The maximum Gasteiger partial charge on any atom is 0.142 e. The molecule has 1 aliphatic rings. The smallest absolute Gasteiger partial charge is 0.142 e. The highest BCUT2D eigenvalue weighted by Gasteiger charge is 2.10. The number of benzene rings is 2. The minimum absolute atomic E-state index is 0.624. The lowest BCUT2D eigenvalue weighted by molar-refractivity contribution is 0.0323. The zero-order valence-corrected chi connectivity index (χ0v) is 15.2. The third kappa shape index (κ3) is 4.30. The van der Waals surface area contributed by atoms with Crippen molar-refractivity contribution in [3.63, 3.8) is 0 Å². The SMILES string of the molecule is Nc1cc(/C=C/c2n[nH]c3ccccc23)ccc1OCCN1CCOCC1. The summed E-state index contributed by atoms with van der Waals surface area (Å²) in [6.07, 6.45) is 4.00. The van der Waals surface area contributed by atoms with Crippen LogP contribution >= 0.6 is 0 Å². The molecule has 0 bridgehead atoms. The van der Waals surface area contributed by atoms with Crippen LogP contribution in [-0.2, 0) is 4.74 Å². The van der Waals surface area contributed by atoms with E-state index in [2.05, 4.69) is 21.2 Å². The van der Waals surface area contributed by atoms with E-state index in [0.29, 0.717) is 12.3 Å². The third-order valence-corrected chi connectivity index (χ3v) is 4.74. The molecular weight excluding hydrogens is 340 g/mol. The number of hydrogen-bond acceptors (Lipinski definition) is 5. The molecule has 0 spiro atoms. The first-order chi connectivity index (χ1) is 13.3. The molecule has 2 aromatic carbocycles. The van der Waals surface area contributed by atoms with Crippen LogP contribution in [0.4, 0.5) is 5.69 Å². The normalized spacial score (nSPS) is 15.6. The molecule has 1 aliphatic heterocycles. The molecule has 140 valence electrons. The molecular formula is C21H24N4O2. The Morgan fingerprint density at radius 3 is 2.85 bits per heavy atom. The second-order valence-corrected chi connectivity index (χ2v) is 6.59. The van der Waals surface area contributed by atoms with Gasteiger partial charge in [0.05, 0.1) is 30.1 Å². The van der Waals surface area contributed by atoms with Crippen molar-refractivity contribution in [2.24, 2.45) is 0 Å². The van der Waals surface area contributed by atoms with Crippen LogP contribution < -0.4 is 10.5 Å². The molecule has 3 aromatic rings. The zero-order chi connectivity index (χ0) is 18.5. The van der Waals surface area contributed by atoms with Crippen LogP contribution in [0.25, 0.3) is 23.1 Å². The monoisotopic (exact) mass is 364 g/mol. The number of fused-ring (bicyclic) bond motifs is 1. The van der Waals surface area contributed by atoms with Crippen LogP contribution in [0.5, 0.6) is 5.75 Å². The summed E-state index contributed by atoms with van der Waals surface area (Å²) in [4.78, 5) is 2.34. The number of rotatable bonds is 6. The molecule has 6 nitrogen and oxygen atoms in total. The molecule has 2 heterocycles.